The molecule has 0 spiro atoms. The van der Waals surface area contributed by atoms with E-state index in [0.29, 0.717) is 37.7 Å². The molecule has 5 nitrogen and oxygen atoms in total. The summed E-state index contributed by atoms with van der Waals surface area (Å²) in [6, 6.07) is 5.19. The van der Waals surface area contributed by atoms with E-state index < -0.39 is 0 Å². The number of hydrogen-bond donors (Lipinski definition) is 0. The Bertz CT molecular complexity index is 436. The first-order valence-corrected chi connectivity index (χ1v) is 7.49. The van der Waals surface area contributed by atoms with Gasteiger partial charge in [-0.1, -0.05) is 0 Å². The van der Waals surface area contributed by atoms with E-state index in [9.17, 15) is 4.79 Å². The Morgan fingerprint density at radius 1 is 1.10 bits per heavy atom. The van der Waals surface area contributed by atoms with Crippen LogP contribution >= 0.6 is 15.9 Å². The van der Waals surface area contributed by atoms with E-state index in [0.717, 1.165) is 10.9 Å². The van der Waals surface area contributed by atoms with Gasteiger partial charge in [-0.15, -0.1) is 0 Å². The SMILES string of the molecule is COCCCOCCOCC(=O)c1ccc(OC)c(Br)c1. The van der Waals surface area contributed by atoms with E-state index >= 15 is 0 Å². The minimum absolute atomic E-state index is 0.0419. The van der Waals surface area contributed by atoms with E-state index in [1.165, 1.54) is 0 Å². The van der Waals surface area contributed by atoms with Gasteiger partial charge in [0.05, 0.1) is 24.8 Å². The summed E-state index contributed by atoms with van der Waals surface area (Å²) in [6.07, 6.45) is 0.856. The Hall–Kier alpha value is -0.950. The first-order valence-electron chi connectivity index (χ1n) is 6.70. The Labute approximate surface area is 133 Å². The van der Waals surface area contributed by atoms with Gasteiger partial charge in [-0.2, -0.15) is 0 Å². The standard InChI is InChI=1S/C15H21BrO5/c1-18-6-3-7-20-8-9-21-11-14(17)12-4-5-15(19-2)13(16)10-12/h4-5,10H,3,6-9,11H2,1-2H3. The summed E-state index contributed by atoms with van der Waals surface area (Å²) in [7, 11) is 3.24. The van der Waals surface area contributed by atoms with Gasteiger partial charge in [-0.3, -0.25) is 4.79 Å². The summed E-state index contributed by atoms with van der Waals surface area (Å²) in [5.74, 6) is 0.620. The fourth-order valence-corrected chi connectivity index (χ4v) is 2.15. The molecule has 0 heterocycles. The number of benzene rings is 1. The minimum Gasteiger partial charge on any atom is -0.496 e. The lowest BCUT2D eigenvalue weighted by Gasteiger charge is -2.07. The Morgan fingerprint density at radius 3 is 2.52 bits per heavy atom. The van der Waals surface area contributed by atoms with Crippen LogP contribution in [-0.4, -0.2) is 53.0 Å². The number of hydrogen-bond acceptors (Lipinski definition) is 5. The summed E-state index contributed by atoms with van der Waals surface area (Å²) in [6.45, 7) is 2.24. The number of rotatable bonds is 11. The van der Waals surface area contributed by atoms with E-state index in [2.05, 4.69) is 15.9 Å². The third-order valence-corrected chi connectivity index (χ3v) is 3.34. The minimum atomic E-state index is -0.0715. The van der Waals surface area contributed by atoms with Gasteiger partial charge in [0, 0.05) is 25.9 Å². The number of ketones is 1. The Morgan fingerprint density at radius 2 is 1.86 bits per heavy atom. The van der Waals surface area contributed by atoms with Gasteiger partial charge in [0.2, 0.25) is 0 Å². The van der Waals surface area contributed by atoms with Crippen molar-refractivity contribution >= 4 is 21.7 Å². The second-order valence-corrected chi connectivity index (χ2v) is 5.14. The molecule has 0 aliphatic carbocycles. The first kappa shape index (κ1) is 18.1. The maximum atomic E-state index is 11.9. The van der Waals surface area contributed by atoms with Crippen LogP contribution in [0, 0.1) is 0 Å². The van der Waals surface area contributed by atoms with E-state index in [1.54, 1.807) is 32.4 Å². The lowest BCUT2D eigenvalue weighted by molar-refractivity contribution is 0.0382. The van der Waals surface area contributed by atoms with Gasteiger partial charge in [0.15, 0.2) is 5.78 Å². The summed E-state index contributed by atoms with van der Waals surface area (Å²) in [5.41, 5.74) is 0.587. The summed E-state index contributed by atoms with van der Waals surface area (Å²) in [5, 5.41) is 0. The molecule has 1 aromatic carbocycles. The Balaban J connectivity index is 2.20. The van der Waals surface area contributed by atoms with Crippen LogP contribution in [0.25, 0.3) is 0 Å². The largest absolute Gasteiger partial charge is 0.496 e. The van der Waals surface area contributed by atoms with Gasteiger partial charge in [-0.05, 0) is 40.5 Å². The molecule has 0 aliphatic heterocycles. The van der Waals surface area contributed by atoms with E-state index in [-0.39, 0.29) is 12.4 Å². The van der Waals surface area contributed by atoms with E-state index in [4.69, 9.17) is 18.9 Å². The molecule has 21 heavy (non-hydrogen) atoms. The fraction of sp³-hybridized carbons (Fsp3) is 0.533. The predicted octanol–water partition coefficient (Wildman–Crippen LogP) is 2.71. The molecular weight excluding hydrogens is 340 g/mol. The van der Waals surface area contributed by atoms with Crippen LogP contribution in [0.2, 0.25) is 0 Å². The summed E-state index contributed by atoms with van der Waals surface area (Å²) < 4.78 is 21.4. The van der Waals surface area contributed by atoms with Crippen molar-refractivity contribution in [1.29, 1.82) is 0 Å². The predicted molar refractivity (Wildman–Crippen MR) is 83.2 cm³/mol. The molecule has 0 saturated carbocycles. The highest BCUT2D eigenvalue weighted by atomic mass is 79.9. The van der Waals surface area contributed by atoms with Gasteiger partial charge in [0.1, 0.15) is 12.4 Å². The lowest BCUT2D eigenvalue weighted by atomic mass is 10.1. The van der Waals surface area contributed by atoms with Crippen molar-refractivity contribution in [2.24, 2.45) is 0 Å². The van der Waals surface area contributed by atoms with Crippen molar-refractivity contribution in [3.8, 4) is 5.75 Å². The monoisotopic (exact) mass is 360 g/mol. The lowest BCUT2D eigenvalue weighted by Crippen LogP contribution is -2.13. The third kappa shape index (κ3) is 7.04. The second kappa shape index (κ2) is 10.7. The van der Waals surface area contributed by atoms with Gasteiger partial charge in [-0.25, -0.2) is 0 Å². The smallest absolute Gasteiger partial charge is 0.188 e. The van der Waals surface area contributed by atoms with Gasteiger partial charge in [0.25, 0.3) is 0 Å². The van der Waals surface area contributed by atoms with Gasteiger partial charge >= 0.3 is 0 Å². The van der Waals surface area contributed by atoms with Crippen LogP contribution < -0.4 is 4.74 Å². The molecule has 1 aromatic rings. The topological polar surface area (TPSA) is 54.0 Å². The zero-order valence-corrected chi connectivity index (χ0v) is 14.0. The third-order valence-electron chi connectivity index (χ3n) is 2.72. The normalized spacial score (nSPS) is 10.6. The number of halogens is 1. The molecule has 0 atom stereocenters. The molecule has 0 unspecified atom stereocenters. The molecule has 0 aromatic heterocycles. The molecule has 1 rings (SSSR count). The van der Waals surface area contributed by atoms with Crippen LogP contribution in [0.5, 0.6) is 5.75 Å². The van der Waals surface area contributed by atoms with Crippen molar-refractivity contribution in [3.05, 3.63) is 28.2 Å². The van der Waals surface area contributed by atoms with Crippen molar-refractivity contribution in [1.82, 2.24) is 0 Å². The molecule has 0 aliphatic rings. The summed E-state index contributed by atoms with van der Waals surface area (Å²) in [4.78, 5) is 11.9. The van der Waals surface area contributed by atoms with Crippen molar-refractivity contribution in [2.45, 2.75) is 6.42 Å². The number of methoxy groups -OCH3 is 2. The zero-order chi connectivity index (χ0) is 15.5. The summed E-state index contributed by atoms with van der Waals surface area (Å²) >= 11 is 3.35. The molecule has 0 fully saturated rings. The number of carbonyl (C=O) groups is 1. The van der Waals surface area contributed by atoms with Crippen LogP contribution in [0.3, 0.4) is 0 Å². The van der Waals surface area contributed by atoms with Crippen LogP contribution in [0.1, 0.15) is 16.8 Å². The van der Waals surface area contributed by atoms with Crippen molar-refractivity contribution < 1.29 is 23.7 Å². The van der Waals surface area contributed by atoms with Crippen molar-refractivity contribution in [2.75, 3.05) is 47.3 Å². The first-order chi connectivity index (χ1) is 10.2. The average Bonchev–Trinajstić information content (AvgIpc) is 2.49. The van der Waals surface area contributed by atoms with Crippen LogP contribution in [0.15, 0.2) is 22.7 Å². The molecule has 0 bridgehead atoms. The maximum absolute atomic E-state index is 11.9. The van der Waals surface area contributed by atoms with Crippen LogP contribution in [-0.2, 0) is 14.2 Å². The molecule has 0 amide bonds. The Kier molecular flexibility index (Phi) is 9.25. The highest BCUT2D eigenvalue weighted by molar-refractivity contribution is 9.10. The second-order valence-electron chi connectivity index (χ2n) is 4.28. The van der Waals surface area contributed by atoms with Crippen molar-refractivity contribution in [3.63, 3.8) is 0 Å². The number of ether oxygens (including phenoxy) is 4. The molecule has 0 N–H and O–H groups in total. The molecule has 0 saturated heterocycles. The number of carbonyl (C=O) groups excluding carboxylic acids is 1. The molecule has 0 radical (unpaired) electrons. The highest BCUT2D eigenvalue weighted by Crippen LogP contribution is 2.25. The van der Waals surface area contributed by atoms with Gasteiger partial charge < -0.3 is 18.9 Å². The molecular formula is C15H21BrO5. The molecule has 6 heteroatoms. The quantitative estimate of drug-likeness (QED) is 0.448. The molecule has 118 valence electrons. The fourth-order valence-electron chi connectivity index (χ4n) is 1.61. The average molecular weight is 361 g/mol. The maximum Gasteiger partial charge on any atom is 0.188 e. The number of Topliss-reactive ketones (excluding diaryl/α,β-unsaturated/α-hetero) is 1. The zero-order valence-electron chi connectivity index (χ0n) is 12.4. The highest BCUT2D eigenvalue weighted by Gasteiger charge is 2.09. The van der Waals surface area contributed by atoms with E-state index in [1.807, 2.05) is 0 Å². The van der Waals surface area contributed by atoms with Crippen LogP contribution in [0.4, 0.5) is 0 Å².